The summed E-state index contributed by atoms with van der Waals surface area (Å²) in [6, 6.07) is 0.735. The average molecular weight is 282 g/mol. The zero-order valence-corrected chi connectivity index (χ0v) is 13.9. The third kappa shape index (κ3) is 3.75. The van der Waals surface area contributed by atoms with Gasteiger partial charge in [-0.25, -0.2) is 0 Å². The fourth-order valence-electron chi connectivity index (χ4n) is 4.31. The number of aliphatic hydroxyl groups excluding tert-OH is 1. The maximum absolute atomic E-state index is 10.6. The summed E-state index contributed by atoms with van der Waals surface area (Å²) in [4.78, 5) is 5.08. The monoisotopic (exact) mass is 282 g/mol. The Morgan fingerprint density at radius 1 is 1.20 bits per heavy atom. The van der Waals surface area contributed by atoms with Crippen LogP contribution in [0.25, 0.3) is 0 Å². The molecule has 0 aromatic heterocycles. The zero-order valence-electron chi connectivity index (χ0n) is 13.9. The van der Waals surface area contributed by atoms with Gasteiger partial charge in [-0.15, -0.1) is 0 Å². The number of aliphatic hydroxyl groups is 1. The lowest BCUT2D eigenvalue weighted by Gasteiger charge is -2.42. The van der Waals surface area contributed by atoms with Gasteiger partial charge in [-0.3, -0.25) is 4.90 Å². The highest BCUT2D eigenvalue weighted by atomic mass is 16.3. The molecular weight excluding hydrogens is 248 g/mol. The highest BCUT2D eigenvalue weighted by Gasteiger charge is 2.38. The highest BCUT2D eigenvalue weighted by molar-refractivity contribution is 4.90. The van der Waals surface area contributed by atoms with E-state index in [1.165, 1.54) is 45.2 Å². The summed E-state index contributed by atoms with van der Waals surface area (Å²) in [6.45, 7) is 11.4. The molecule has 2 aliphatic rings. The van der Waals surface area contributed by atoms with Gasteiger partial charge in [0.1, 0.15) is 0 Å². The Kier molecular flexibility index (Phi) is 5.49. The van der Waals surface area contributed by atoms with Crippen molar-refractivity contribution < 1.29 is 5.11 Å². The van der Waals surface area contributed by atoms with E-state index < -0.39 is 0 Å². The summed E-state index contributed by atoms with van der Waals surface area (Å²) in [5, 5.41) is 10.6. The number of hydrogen-bond donors (Lipinski definition) is 1. The molecule has 20 heavy (non-hydrogen) atoms. The van der Waals surface area contributed by atoms with Crippen molar-refractivity contribution in [1.82, 2.24) is 9.80 Å². The van der Waals surface area contributed by atoms with E-state index in [4.69, 9.17) is 0 Å². The van der Waals surface area contributed by atoms with E-state index in [-0.39, 0.29) is 11.5 Å². The van der Waals surface area contributed by atoms with Gasteiger partial charge in [-0.1, -0.05) is 27.2 Å². The Morgan fingerprint density at radius 2 is 1.95 bits per heavy atom. The van der Waals surface area contributed by atoms with Crippen LogP contribution in [0.4, 0.5) is 0 Å². The third-order valence-corrected chi connectivity index (χ3v) is 5.62. The van der Waals surface area contributed by atoms with Gasteiger partial charge in [0.05, 0.1) is 6.10 Å². The van der Waals surface area contributed by atoms with Crippen molar-refractivity contribution in [2.24, 2.45) is 11.3 Å². The van der Waals surface area contributed by atoms with Gasteiger partial charge in [0.15, 0.2) is 0 Å². The van der Waals surface area contributed by atoms with E-state index in [2.05, 4.69) is 37.6 Å². The Bertz CT molecular complexity index is 305. The van der Waals surface area contributed by atoms with Gasteiger partial charge in [-0.2, -0.15) is 0 Å². The molecule has 0 spiro atoms. The Morgan fingerprint density at radius 3 is 2.65 bits per heavy atom. The molecule has 1 aliphatic heterocycles. The minimum absolute atomic E-state index is 0.104. The van der Waals surface area contributed by atoms with Gasteiger partial charge in [0, 0.05) is 19.1 Å². The lowest BCUT2D eigenvalue weighted by molar-refractivity contribution is -0.0420. The van der Waals surface area contributed by atoms with Crippen LogP contribution in [0.15, 0.2) is 0 Å². The third-order valence-electron chi connectivity index (χ3n) is 5.62. The van der Waals surface area contributed by atoms with Crippen LogP contribution in [-0.2, 0) is 0 Å². The smallest absolute Gasteiger partial charge is 0.0631 e. The Balaban J connectivity index is 1.83. The van der Waals surface area contributed by atoms with Crippen LogP contribution in [0.3, 0.4) is 0 Å². The molecule has 0 aromatic rings. The van der Waals surface area contributed by atoms with Crippen LogP contribution < -0.4 is 0 Å². The second-order valence-corrected chi connectivity index (χ2v) is 7.73. The van der Waals surface area contributed by atoms with Crippen molar-refractivity contribution in [2.45, 2.75) is 65.0 Å². The number of nitrogens with zero attached hydrogens (tertiary/aromatic N) is 2. The van der Waals surface area contributed by atoms with Crippen molar-refractivity contribution in [1.29, 1.82) is 0 Å². The standard InChI is InChI=1S/C17H34N2O/c1-5-19-11-7-9-15(19)13-18(4)12-14-8-6-10-17(2,3)16(14)20/h14-16,20H,5-13H2,1-4H3. The molecule has 118 valence electrons. The van der Waals surface area contributed by atoms with Crippen molar-refractivity contribution in [3.8, 4) is 0 Å². The molecule has 3 heteroatoms. The molecule has 0 radical (unpaired) electrons. The van der Waals surface area contributed by atoms with E-state index in [9.17, 15) is 5.11 Å². The van der Waals surface area contributed by atoms with Crippen LogP contribution in [0.2, 0.25) is 0 Å². The maximum atomic E-state index is 10.6. The van der Waals surface area contributed by atoms with E-state index in [1.54, 1.807) is 0 Å². The first-order valence-electron chi connectivity index (χ1n) is 8.54. The number of likely N-dealkylation sites (N-methyl/N-ethyl adjacent to an activating group) is 2. The SMILES string of the molecule is CCN1CCCC1CN(C)CC1CCCC(C)(C)C1O. The first kappa shape index (κ1) is 16.3. The molecule has 1 heterocycles. The summed E-state index contributed by atoms with van der Waals surface area (Å²) in [5.41, 5.74) is 0.104. The first-order chi connectivity index (χ1) is 9.44. The van der Waals surface area contributed by atoms with Crippen LogP contribution in [-0.4, -0.2) is 60.3 Å². The predicted molar refractivity (Wildman–Crippen MR) is 84.9 cm³/mol. The van der Waals surface area contributed by atoms with Gasteiger partial charge in [0.2, 0.25) is 0 Å². The second-order valence-electron chi connectivity index (χ2n) is 7.73. The lowest BCUT2D eigenvalue weighted by Crippen LogP contribution is -2.46. The molecule has 0 amide bonds. The minimum Gasteiger partial charge on any atom is -0.392 e. The zero-order chi connectivity index (χ0) is 14.8. The maximum Gasteiger partial charge on any atom is 0.0631 e. The van der Waals surface area contributed by atoms with Crippen LogP contribution >= 0.6 is 0 Å². The molecule has 1 aliphatic carbocycles. The topological polar surface area (TPSA) is 26.7 Å². The summed E-state index contributed by atoms with van der Waals surface area (Å²) in [5.74, 6) is 0.459. The normalized spacial score (nSPS) is 34.8. The van der Waals surface area contributed by atoms with Crippen molar-refractivity contribution in [3.63, 3.8) is 0 Å². The van der Waals surface area contributed by atoms with Crippen LogP contribution in [0.1, 0.15) is 52.9 Å². The number of rotatable bonds is 5. The summed E-state index contributed by atoms with van der Waals surface area (Å²) in [6.07, 6.45) is 6.19. The molecule has 1 N–H and O–H groups in total. The van der Waals surface area contributed by atoms with E-state index in [0.29, 0.717) is 5.92 Å². The molecule has 2 fully saturated rings. The largest absolute Gasteiger partial charge is 0.392 e. The van der Waals surface area contributed by atoms with Gasteiger partial charge in [0.25, 0.3) is 0 Å². The summed E-state index contributed by atoms with van der Waals surface area (Å²) < 4.78 is 0. The van der Waals surface area contributed by atoms with Crippen molar-refractivity contribution >= 4 is 0 Å². The fraction of sp³-hybridized carbons (Fsp3) is 1.00. The Hall–Kier alpha value is -0.120. The van der Waals surface area contributed by atoms with E-state index in [0.717, 1.165) is 19.1 Å². The molecule has 2 rings (SSSR count). The van der Waals surface area contributed by atoms with Crippen LogP contribution in [0.5, 0.6) is 0 Å². The first-order valence-corrected chi connectivity index (χ1v) is 8.54. The van der Waals surface area contributed by atoms with Gasteiger partial charge >= 0.3 is 0 Å². The molecule has 1 saturated heterocycles. The highest BCUT2D eigenvalue weighted by Crippen LogP contribution is 2.39. The number of hydrogen-bond acceptors (Lipinski definition) is 3. The summed E-state index contributed by atoms with van der Waals surface area (Å²) >= 11 is 0. The van der Waals surface area contributed by atoms with E-state index >= 15 is 0 Å². The number of likely N-dealkylation sites (tertiary alicyclic amines) is 1. The second kappa shape index (κ2) is 6.76. The molecule has 1 saturated carbocycles. The minimum atomic E-state index is -0.135. The van der Waals surface area contributed by atoms with Crippen molar-refractivity contribution in [2.75, 3.05) is 33.2 Å². The molecular formula is C17H34N2O. The molecule has 3 nitrogen and oxygen atoms in total. The van der Waals surface area contributed by atoms with Gasteiger partial charge < -0.3 is 10.0 Å². The molecule has 0 aromatic carbocycles. The molecule has 0 bridgehead atoms. The fourth-order valence-corrected chi connectivity index (χ4v) is 4.31. The van der Waals surface area contributed by atoms with Crippen molar-refractivity contribution in [3.05, 3.63) is 0 Å². The molecule has 3 atom stereocenters. The predicted octanol–water partition coefficient (Wildman–Crippen LogP) is 2.59. The quantitative estimate of drug-likeness (QED) is 0.839. The lowest BCUT2D eigenvalue weighted by atomic mass is 9.69. The summed E-state index contributed by atoms with van der Waals surface area (Å²) in [7, 11) is 2.24. The average Bonchev–Trinajstić information content (AvgIpc) is 2.82. The van der Waals surface area contributed by atoms with E-state index in [1.807, 2.05) is 0 Å². The Labute approximate surface area is 125 Å². The van der Waals surface area contributed by atoms with Gasteiger partial charge in [-0.05, 0) is 57.2 Å². The van der Waals surface area contributed by atoms with Crippen LogP contribution in [0, 0.1) is 11.3 Å². The molecule has 3 unspecified atom stereocenters.